The lowest BCUT2D eigenvalue weighted by atomic mass is 10.1. The van der Waals surface area contributed by atoms with Gasteiger partial charge in [0.2, 0.25) is 0 Å². The monoisotopic (exact) mass is 335 g/mol. The highest BCUT2D eigenvalue weighted by Gasteiger charge is 2.02. The first-order valence-electron chi connectivity index (χ1n) is 8.37. The Morgan fingerprint density at radius 3 is 2.48 bits per heavy atom. The summed E-state index contributed by atoms with van der Waals surface area (Å²) in [6.07, 6.45) is 0. The van der Waals surface area contributed by atoms with E-state index in [0.717, 1.165) is 29.1 Å². The predicted octanol–water partition coefficient (Wildman–Crippen LogP) is 5.63. The van der Waals surface area contributed by atoms with Crippen LogP contribution in [0.3, 0.4) is 0 Å². The molecular formula is C22H22FNO. The van der Waals surface area contributed by atoms with E-state index < -0.39 is 0 Å². The molecule has 3 aromatic carbocycles. The van der Waals surface area contributed by atoms with Crippen molar-refractivity contribution in [2.24, 2.45) is 0 Å². The van der Waals surface area contributed by atoms with E-state index in [1.807, 2.05) is 24.3 Å². The van der Waals surface area contributed by atoms with E-state index in [1.54, 1.807) is 6.07 Å². The van der Waals surface area contributed by atoms with Crippen LogP contribution in [0.2, 0.25) is 0 Å². The van der Waals surface area contributed by atoms with Crippen LogP contribution in [0.1, 0.15) is 22.3 Å². The molecule has 0 aliphatic rings. The topological polar surface area (TPSA) is 21.3 Å². The van der Waals surface area contributed by atoms with Gasteiger partial charge in [-0.3, -0.25) is 0 Å². The van der Waals surface area contributed by atoms with Gasteiger partial charge in [0.15, 0.2) is 0 Å². The number of ether oxygens (including phenoxy) is 1. The van der Waals surface area contributed by atoms with Crippen LogP contribution in [-0.2, 0) is 13.2 Å². The standard InChI is InChI=1S/C22H22FNO/c1-16-9-10-22(17(2)11-16)24-14-18-5-4-8-21(13-18)25-15-19-6-3-7-20(23)12-19/h3-13,24H,14-15H2,1-2H3. The third-order valence-electron chi connectivity index (χ3n) is 4.06. The first-order chi connectivity index (χ1) is 12.1. The molecule has 0 aliphatic carbocycles. The fraction of sp³-hybridized carbons (Fsp3) is 0.182. The molecule has 0 spiro atoms. The molecule has 0 atom stereocenters. The summed E-state index contributed by atoms with van der Waals surface area (Å²) in [6, 6.07) is 20.8. The fourth-order valence-electron chi connectivity index (χ4n) is 2.75. The summed E-state index contributed by atoms with van der Waals surface area (Å²) in [5.41, 5.74) is 5.58. The quantitative estimate of drug-likeness (QED) is 0.630. The molecule has 0 saturated heterocycles. The lowest BCUT2D eigenvalue weighted by molar-refractivity contribution is 0.305. The number of anilines is 1. The van der Waals surface area contributed by atoms with Crippen LogP contribution in [-0.4, -0.2) is 0 Å². The number of rotatable bonds is 6. The van der Waals surface area contributed by atoms with Crippen LogP contribution in [0.4, 0.5) is 10.1 Å². The number of benzene rings is 3. The van der Waals surface area contributed by atoms with Crippen LogP contribution in [0, 0.1) is 19.7 Å². The molecule has 0 fully saturated rings. The second kappa shape index (κ2) is 7.84. The molecule has 1 N–H and O–H groups in total. The second-order valence-corrected chi connectivity index (χ2v) is 6.24. The van der Waals surface area contributed by atoms with E-state index in [1.165, 1.54) is 23.3 Å². The molecule has 3 aromatic rings. The summed E-state index contributed by atoms with van der Waals surface area (Å²) in [7, 11) is 0. The SMILES string of the molecule is Cc1ccc(NCc2cccc(OCc3cccc(F)c3)c2)c(C)c1. The van der Waals surface area contributed by atoms with E-state index in [-0.39, 0.29) is 5.82 Å². The maximum atomic E-state index is 13.2. The minimum atomic E-state index is -0.243. The zero-order valence-electron chi connectivity index (χ0n) is 14.6. The third kappa shape index (κ3) is 4.83. The van der Waals surface area contributed by atoms with E-state index >= 15 is 0 Å². The Labute approximate surface area is 148 Å². The van der Waals surface area contributed by atoms with Gasteiger partial charge in [-0.25, -0.2) is 4.39 Å². The number of nitrogens with one attached hydrogen (secondary N) is 1. The van der Waals surface area contributed by atoms with Crippen LogP contribution in [0.5, 0.6) is 5.75 Å². The van der Waals surface area contributed by atoms with Crippen molar-refractivity contribution in [3.63, 3.8) is 0 Å². The number of hydrogen-bond acceptors (Lipinski definition) is 2. The smallest absolute Gasteiger partial charge is 0.123 e. The van der Waals surface area contributed by atoms with Gasteiger partial charge in [0.25, 0.3) is 0 Å². The van der Waals surface area contributed by atoms with Gasteiger partial charge in [-0.15, -0.1) is 0 Å². The van der Waals surface area contributed by atoms with Gasteiger partial charge in [-0.2, -0.15) is 0 Å². The molecule has 0 heterocycles. The predicted molar refractivity (Wildman–Crippen MR) is 100 cm³/mol. The van der Waals surface area contributed by atoms with Crippen molar-refractivity contribution >= 4 is 5.69 Å². The summed E-state index contributed by atoms with van der Waals surface area (Å²) in [4.78, 5) is 0. The van der Waals surface area contributed by atoms with Crippen LogP contribution < -0.4 is 10.1 Å². The van der Waals surface area contributed by atoms with Crippen molar-refractivity contribution in [2.75, 3.05) is 5.32 Å². The average molecular weight is 335 g/mol. The molecule has 3 heteroatoms. The van der Waals surface area contributed by atoms with Crippen molar-refractivity contribution < 1.29 is 9.13 Å². The van der Waals surface area contributed by atoms with Gasteiger partial charge >= 0.3 is 0 Å². The lowest BCUT2D eigenvalue weighted by Gasteiger charge is -2.12. The summed E-state index contributed by atoms with van der Waals surface area (Å²) >= 11 is 0. The van der Waals surface area contributed by atoms with Crippen molar-refractivity contribution in [3.05, 3.63) is 94.8 Å². The van der Waals surface area contributed by atoms with Crippen LogP contribution in [0.25, 0.3) is 0 Å². The zero-order chi connectivity index (χ0) is 17.6. The summed E-state index contributed by atoms with van der Waals surface area (Å²) in [6.45, 7) is 5.27. The van der Waals surface area contributed by atoms with Crippen molar-refractivity contribution in [1.82, 2.24) is 0 Å². The Bertz CT molecular complexity index is 860. The van der Waals surface area contributed by atoms with Gasteiger partial charge < -0.3 is 10.1 Å². The Morgan fingerprint density at radius 1 is 0.880 bits per heavy atom. The molecule has 0 amide bonds. The van der Waals surface area contributed by atoms with Crippen LogP contribution in [0.15, 0.2) is 66.7 Å². The Hall–Kier alpha value is -2.81. The first-order valence-corrected chi connectivity index (χ1v) is 8.37. The third-order valence-corrected chi connectivity index (χ3v) is 4.06. The van der Waals surface area contributed by atoms with E-state index in [2.05, 4.69) is 43.4 Å². The maximum absolute atomic E-state index is 13.2. The molecule has 0 aliphatic heterocycles. The molecule has 0 unspecified atom stereocenters. The molecule has 25 heavy (non-hydrogen) atoms. The first kappa shape index (κ1) is 17.0. The number of aryl methyl sites for hydroxylation is 2. The van der Waals surface area contributed by atoms with Gasteiger partial charge in [0.1, 0.15) is 18.2 Å². The fourth-order valence-corrected chi connectivity index (χ4v) is 2.75. The lowest BCUT2D eigenvalue weighted by Crippen LogP contribution is -2.02. The zero-order valence-corrected chi connectivity index (χ0v) is 14.6. The van der Waals surface area contributed by atoms with Crippen molar-refractivity contribution in [3.8, 4) is 5.75 Å². The second-order valence-electron chi connectivity index (χ2n) is 6.24. The van der Waals surface area contributed by atoms with E-state index in [0.29, 0.717) is 6.61 Å². The molecular weight excluding hydrogens is 313 g/mol. The van der Waals surface area contributed by atoms with Crippen molar-refractivity contribution in [2.45, 2.75) is 27.0 Å². The van der Waals surface area contributed by atoms with Crippen LogP contribution >= 0.6 is 0 Å². The van der Waals surface area contributed by atoms with Gasteiger partial charge in [0, 0.05) is 12.2 Å². The van der Waals surface area contributed by atoms with Gasteiger partial charge in [-0.1, -0.05) is 42.0 Å². The number of halogens is 1. The molecule has 0 saturated carbocycles. The minimum Gasteiger partial charge on any atom is -0.489 e. The highest BCUT2D eigenvalue weighted by molar-refractivity contribution is 5.52. The largest absolute Gasteiger partial charge is 0.489 e. The highest BCUT2D eigenvalue weighted by atomic mass is 19.1. The van der Waals surface area contributed by atoms with Gasteiger partial charge in [-0.05, 0) is 60.9 Å². The Kier molecular flexibility index (Phi) is 5.34. The normalized spacial score (nSPS) is 10.5. The Balaban J connectivity index is 1.61. The number of hydrogen-bond donors (Lipinski definition) is 1. The molecule has 3 rings (SSSR count). The minimum absolute atomic E-state index is 0.243. The highest BCUT2D eigenvalue weighted by Crippen LogP contribution is 2.19. The molecule has 0 aromatic heterocycles. The molecule has 2 nitrogen and oxygen atoms in total. The van der Waals surface area contributed by atoms with Gasteiger partial charge in [0.05, 0.1) is 0 Å². The van der Waals surface area contributed by atoms with Crippen molar-refractivity contribution in [1.29, 1.82) is 0 Å². The van der Waals surface area contributed by atoms with E-state index in [4.69, 9.17) is 4.74 Å². The summed E-state index contributed by atoms with van der Waals surface area (Å²) in [5, 5.41) is 3.46. The summed E-state index contributed by atoms with van der Waals surface area (Å²) < 4.78 is 19.0. The summed E-state index contributed by atoms with van der Waals surface area (Å²) in [5.74, 6) is 0.539. The van der Waals surface area contributed by atoms with E-state index in [9.17, 15) is 4.39 Å². The Morgan fingerprint density at radius 2 is 1.68 bits per heavy atom. The maximum Gasteiger partial charge on any atom is 0.123 e. The molecule has 0 bridgehead atoms. The molecule has 0 radical (unpaired) electrons. The molecule has 128 valence electrons. The average Bonchev–Trinajstić information content (AvgIpc) is 2.60.